The largest absolute Gasteiger partial charge is 0.457 e. The summed E-state index contributed by atoms with van der Waals surface area (Å²) in [5.41, 5.74) is 1.50. The second kappa shape index (κ2) is 6.55. The van der Waals surface area contributed by atoms with E-state index in [0.717, 1.165) is 5.57 Å². The molecule has 0 amide bonds. The molecule has 0 aromatic heterocycles. The molecule has 0 N–H and O–H groups in total. The average molecular weight is 278 g/mol. The quantitative estimate of drug-likeness (QED) is 0.586. The summed E-state index contributed by atoms with van der Waals surface area (Å²) in [7, 11) is 0. The van der Waals surface area contributed by atoms with Crippen molar-refractivity contribution >= 4 is 11.9 Å². The highest BCUT2D eigenvalue weighted by Crippen LogP contribution is 2.33. The van der Waals surface area contributed by atoms with Gasteiger partial charge in [0, 0.05) is 12.8 Å². The summed E-state index contributed by atoms with van der Waals surface area (Å²) in [4.78, 5) is 22.8. The Kier molecular flexibility index (Phi) is 5.31. The van der Waals surface area contributed by atoms with Gasteiger partial charge in [-0.15, -0.1) is 0 Å². The summed E-state index contributed by atoms with van der Waals surface area (Å²) in [6.45, 7) is 14.6. The van der Waals surface area contributed by atoms with E-state index >= 15 is 0 Å². The molecule has 0 saturated heterocycles. The Bertz CT molecular complexity index is 459. The molecule has 1 aliphatic carbocycles. The van der Waals surface area contributed by atoms with Crippen molar-refractivity contribution in [2.45, 2.75) is 39.9 Å². The van der Waals surface area contributed by atoms with Crippen LogP contribution in [-0.2, 0) is 19.1 Å². The monoisotopic (exact) mass is 278 g/mol. The van der Waals surface area contributed by atoms with Gasteiger partial charge in [0.15, 0.2) is 0 Å². The van der Waals surface area contributed by atoms with Crippen molar-refractivity contribution in [3.05, 3.63) is 36.5 Å². The van der Waals surface area contributed by atoms with Crippen LogP contribution in [0.3, 0.4) is 0 Å². The molecule has 0 heterocycles. The Hall–Kier alpha value is -1.84. The second-order valence-corrected chi connectivity index (χ2v) is 5.37. The highest BCUT2D eigenvalue weighted by molar-refractivity contribution is 5.72. The van der Waals surface area contributed by atoms with Gasteiger partial charge >= 0.3 is 11.9 Å². The van der Waals surface area contributed by atoms with Gasteiger partial charge in [0.25, 0.3) is 0 Å². The molecular formula is C16H22O4. The fourth-order valence-electron chi connectivity index (χ4n) is 2.11. The van der Waals surface area contributed by atoms with Gasteiger partial charge in [0.2, 0.25) is 0 Å². The molecule has 0 bridgehead atoms. The maximum Gasteiger partial charge on any atom is 0.309 e. The minimum absolute atomic E-state index is 0.203. The first kappa shape index (κ1) is 16.2. The van der Waals surface area contributed by atoms with E-state index in [0.29, 0.717) is 5.57 Å². The van der Waals surface area contributed by atoms with Gasteiger partial charge < -0.3 is 9.47 Å². The highest BCUT2D eigenvalue weighted by Gasteiger charge is 2.34. The number of carbonyl (C=O) groups is 2. The summed E-state index contributed by atoms with van der Waals surface area (Å²) in [5.74, 6) is -1.09. The van der Waals surface area contributed by atoms with E-state index in [1.165, 1.54) is 6.92 Å². The van der Waals surface area contributed by atoms with Crippen molar-refractivity contribution in [3.8, 4) is 0 Å². The van der Waals surface area contributed by atoms with Crippen molar-refractivity contribution < 1.29 is 19.1 Å². The number of hydrogen-bond donors (Lipinski definition) is 0. The van der Waals surface area contributed by atoms with Crippen molar-refractivity contribution in [2.75, 3.05) is 0 Å². The molecule has 20 heavy (non-hydrogen) atoms. The molecule has 0 aliphatic heterocycles. The van der Waals surface area contributed by atoms with Gasteiger partial charge in [-0.25, -0.2) is 0 Å². The van der Waals surface area contributed by atoms with E-state index in [1.807, 2.05) is 6.92 Å². The lowest BCUT2D eigenvalue weighted by Gasteiger charge is -2.33. The van der Waals surface area contributed by atoms with Crippen LogP contribution in [0.2, 0.25) is 0 Å². The first-order valence-electron chi connectivity index (χ1n) is 6.64. The van der Waals surface area contributed by atoms with E-state index in [9.17, 15) is 9.59 Å². The van der Waals surface area contributed by atoms with Crippen LogP contribution >= 0.6 is 0 Å². The fraction of sp³-hybridized carbons (Fsp3) is 0.500. The summed E-state index contributed by atoms with van der Waals surface area (Å²) in [5, 5.41) is 0. The zero-order valence-electron chi connectivity index (χ0n) is 12.5. The highest BCUT2D eigenvalue weighted by atomic mass is 16.6. The van der Waals surface area contributed by atoms with Crippen molar-refractivity contribution in [1.82, 2.24) is 0 Å². The lowest BCUT2D eigenvalue weighted by atomic mass is 9.81. The minimum Gasteiger partial charge on any atom is -0.457 e. The zero-order chi connectivity index (χ0) is 15.4. The summed E-state index contributed by atoms with van der Waals surface area (Å²) in [6, 6.07) is 0. The minimum atomic E-state index is -0.501. The number of rotatable bonds is 4. The lowest BCUT2D eigenvalue weighted by molar-refractivity contribution is -0.151. The average Bonchev–Trinajstić information content (AvgIpc) is 2.31. The normalized spacial score (nSPS) is 25.4. The van der Waals surface area contributed by atoms with Gasteiger partial charge in [-0.2, -0.15) is 0 Å². The predicted molar refractivity (Wildman–Crippen MR) is 76.9 cm³/mol. The molecule has 4 nitrogen and oxygen atoms in total. The smallest absolute Gasteiger partial charge is 0.309 e. The van der Waals surface area contributed by atoms with E-state index in [4.69, 9.17) is 9.47 Å². The Morgan fingerprint density at radius 2 is 1.80 bits per heavy atom. The Balaban J connectivity index is 2.94. The van der Waals surface area contributed by atoms with Gasteiger partial charge in [0.05, 0.1) is 5.92 Å². The third-order valence-electron chi connectivity index (χ3n) is 3.12. The Labute approximate surface area is 120 Å². The predicted octanol–water partition coefficient (Wildman–Crippen LogP) is 2.80. The molecule has 1 rings (SSSR count). The fourth-order valence-corrected chi connectivity index (χ4v) is 2.11. The van der Waals surface area contributed by atoms with Crippen LogP contribution < -0.4 is 0 Å². The second-order valence-electron chi connectivity index (χ2n) is 5.37. The van der Waals surface area contributed by atoms with Crippen molar-refractivity contribution in [2.24, 2.45) is 11.8 Å². The third kappa shape index (κ3) is 3.83. The SMILES string of the molecule is C=C(C)[C@@H]1C(=C)[C@H](OC(=O)C(C)C)C=C[C@H]1OC(C)=O. The first-order valence-corrected chi connectivity index (χ1v) is 6.64. The zero-order valence-corrected chi connectivity index (χ0v) is 12.5. The van der Waals surface area contributed by atoms with Crippen LogP contribution in [0.5, 0.6) is 0 Å². The molecular weight excluding hydrogens is 256 g/mol. The standard InChI is InChI=1S/C16H22O4/c1-9(2)15-11(5)13(20-16(18)10(3)4)7-8-14(15)19-12(6)17/h7-8,10,13-15H,1,5H2,2-4,6H3/t13-,14-,15-/m1/s1. The van der Waals surface area contributed by atoms with Crippen LogP contribution in [0.25, 0.3) is 0 Å². The van der Waals surface area contributed by atoms with E-state index < -0.39 is 12.2 Å². The molecule has 0 aromatic rings. The maximum atomic E-state index is 11.7. The number of ether oxygens (including phenoxy) is 2. The first-order chi connectivity index (χ1) is 9.23. The van der Waals surface area contributed by atoms with E-state index in [2.05, 4.69) is 13.2 Å². The van der Waals surface area contributed by atoms with Crippen LogP contribution in [0.15, 0.2) is 36.5 Å². The van der Waals surface area contributed by atoms with Gasteiger partial charge in [-0.1, -0.05) is 32.6 Å². The topological polar surface area (TPSA) is 52.6 Å². The van der Waals surface area contributed by atoms with E-state index in [-0.39, 0.29) is 23.8 Å². The lowest BCUT2D eigenvalue weighted by Crippen LogP contribution is -2.36. The molecule has 1 aliphatic rings. The maximum absolute atomic E-state index is 11.7. The van der Waals surface area contributed by atoms with Gasteiger partial charge in [0.1, 0.15) is 12.2 Å². The number of carbonyl (C=O) groups excluding carboxylic acids is 2. The van der Waals surface area contributed by atoms with E-state index in [1.54, 1.807) is 26.0 Å². The van der Waals surface area contributed by atoms with Crippen molar-refractivity contribution in [3.63, 3.8) is 0 Å². The number of hydrogen-bond acceptors (Lipinski definition) is 4. The molecule has 0 aromatic carbocycles. The van der Waals surface area contributed by atoms with Crippen molar-refractivity contribution in [1.29, 1.82) is 0 Å². The molecule has 0 saturated carbocycles. The molecule has 0 fully saturated rings. The number of esters is 2. The molecule has 0 radical (unpaired) electrons. The van der Waals surface area contributed by atoms with Gasteiger partial charge in [-0.05, 0) is 24.6 Å². The molecule has 110 valence electrons. The molecule has 3 atom stereocenters. The van der Waals surface area contributed by atoms with Crippen LogP contribution in [0, 0.1) is 11.8 Å². The molecule has 0 unspecified atom stereocenters. The van der Waals surface area contributed by atoms with Crippen LogP contribution in [0.1, 0.15) is 27.7 Å². The van der Waals surface area contributed by atoms with Crippen LogP contribution in [-0.4, -0.2) is 24.1 Å². The molecule has 4 heteroatoms. The summed E-state index contributed by atoms with van der Waals surface area (Å²) >= 11 is 0. The summed E-state index contributed by atoms with van der Waals surface area (Å²) in [6.07, 6.45) is 2.49. The third-order valence-corrected chi connectivity index (χ3v) is 3.12. The Morgan fingerprint density at radius 3 is 2.25 bits per heavy atom. The van der Waals surface area contributed by atoms with Gasteiger partial charge in [-0.3, -0.25) is 9.59 Å². The summed E-state index contributed by atoms with van der Waals surface area (Å²) < 4.78 is 10.6. The Morgan fingerprint density at radius 1 is 1.20 bits per heavy atom. The molecule has 0 spiro atoms. The van der Waals surface area contributed by atoms with Crippen LogP contribution in [0.4, 0.5) is 0 Å².